The van der Waals surface area contributed by atoms with E-state index in [1.807, 2.05) is 20.8 Å². The molecule has 0 radical (unpaired) electrons. The highest BCUT2D eigenvalue weighted by Crippen LogP contribution is 2.06. The van der Waals surface area contributed by atoms with Gasteiger partial charge in [0.25, 0.3) is 0 Å². The number of ether oxygens (including phenoxy) is 6. The standard InChI is InChI=1S/C22H44O7/c1-5-6-7-8-9-10-11-24-12-13-25-14-15-26-16-17-27-18-19-28-20-21(23)29-22(2,3)4/h5-20H2,1-4H3. The Morgan fingerprint density at radius 3 is 1.48 bits per heavy atom. The minimum atomic E-state index is -0.488. The van der Waals surface area contributed by atoms with E-state index in [1.165, 1.54) is 32.1 Å². The van der Waals surface area contributed by atoms with Crippen LogP contribution in [0.5, 0.6) is 0 Å². The van der Waals surface area contributed by atoms with Crippen LogP contribution in [0.3, 0.4) is 0 Å². The third-order valence-electron chi connectivity index (χ3n) is 3.77. The molecule has 0 saturated heterocycles. The lowest BCUT2D eigenvalue weighted by atomic mass is 10.1. The van der Waals surface area contributed by atoms with Crippen molar-refractivity contribution in [2.75, 3.05) is 66.1 Å². The number of rotatable bonds is 21. The smallest absolute Gasteiger partial charge is 0.332 e. The lowest BCUT2D eigenvalue weighted by Gasteiger charge is -2.19. The van der Waals surface area contributed by atoms with Crippen LogP contribution < -0.4 is 0 Å². The molecule has 0 aliphatic carbocycles. The molecule has 0 spiro atoms. The summed E-state index contributed by atoms with van der Waals surface area (Å²) in [5.41, 5.74) is -0.488. The second kappa shape index (κ2) is 20.5. The normalized spacial score (nSPS) is 11.7. The van der Waals surface area contributed by atoms with E-state index < -0.39 is 5.60 Å². The van der Waals surface area contributed by atoms with Crippen molar-refractivity contribution in [1.29, 1.82) is 0 Å². The van der Waals surface area contributed by atoms with Crippen molar-refractivity contribution in [2.45, 2.75) is 71.8 Å². The van der Waals surface area contributed by atoms with Crippen LogP contribution in [-0.4, -0.2) is 77.6 Å². The van der Waals surface area contributed by atoms with Gasteiger partial charge in [-0.1, -0.05) is 39.0 Å². The van der Waals surface area contributed by atoms with Gasteiger partial charge in [-0.2, -0.15) is 0 Å². The molecule has 0 rings (SSSR count). The monoisotopic (exact) mass is 420 g/mol. The van der Waals surface area contributed by atoms with Crippen molar-refractivity contribution in [1.82, 2.24) is 0 Å². The average Bonchev–Trinajstić information content (AvgIpc) is 2.65. The van der Waals surface area contributed by atoms with Crippen LogP contribution in [0, 0.1) is 0 Å². The van der Waals surface area contributed by atoms with Crippen molar-refractivity contribution in [2.24, 2.45) is 0 Å². The maximum Gasteiger partial charge on any atom is 0.332 e. The summed E-state index contributed by atoms with van der Waals surface area (Å²) >= 11 is 0. The molecule has 0 saturated carbocycles. The summed E-state index contributed by atoms with van der Waals surface area (Å²) in [5.74, 6) is -0.367. The number of unbranched alkanes of at least 4 members (excludes halogenated alkanes) is 5. The van der Waals surface area contributed by atoms with Crippen LogP contribution >= 0.6 is 0 Å². The highest BCUT2D eigenvalue weighted by atomic mass is 16.6. The summed E-state index contributed by atoms with van der Waals surface area (Å²) in [6.07, 6.45) is 7.68. The zero-order chi connectivity index (χ0) is 21.6. The molecule has 7 heteroatoms. The number of esters is 1. The Bertz CT molecular complexity index is 356. The Labute approximate surface area is 177 Å². The third kappa shape index (κ3) is 25.2. The zero-order valence-electron chi connectivity index (χ0n) is 19.2. The van der Waals surface area contributed by atoms with Gasteiger partial charge in [0.05, 0.1) is 52.9 Å². The van der Waals surface area contributed by atoms with Crippen LogP contribution in [0.25, 0.3) is 0 Å². The number of hydrogen-bond acceptors (Lipinski definition) is 7. The summed E-state index contributed by atoms with van der Waals surface area (Å²) in [6.45, 7) is 12.6. The largest absolute Gasteiger partial charge is 0.458 e. The average molecular weight is 421 g/mol. The predicted octanol–water partition coefficient (Wildman–Crippen LogP) is 3.77. The molecule has 0 heterocycles. The molecule has 0 aromatic rings. The Morgan fingerprint density at radius 2 is 1.00 bits per heavy atom. The molecular weight excluding hydrogens is 376 g/mol. The van der Waals surface area contributed by atoms with Crippen molar-refractivity contribution in [3.8, 4) is 0 Å². The van der Waals surface area contributed by atoms with E-state index in [9.17, 15) is 4.79 Å². The fourth-order valence-electron chi connectivity index (χ4n) is 2.39. The van der Waals surface area contributed by atoms with Gasteiger partial charge in [0.15, 0.2) is 0 Å². The maximum atomic E-state index is 11.4. The molecule has 0 fully saturated rings. The first-order valence-electron chi connectivity index (χ1n) is 11.1. The first-order chi connectivity index (χ1) is 14.0. The molecule has 0 aromatic heterocycles. The molecule has 0 aliphatic rings. The van der Waals surface area contributed by atoms with E-state index in [4.69, 9.17) is 28.4 Å². The molecule has 0 aromatic carbocycles. The van der Waals surface area contributed by atoms with Gasteiger partial charge in [-0.05, 0) is 27.2 Å². The highest BCUT2D eigenvalue weighted by Gasteiger charge is 2.15. The lowest BCUT2D eigenvalue weighted by molar-refractivity contribution is -0.160. The summed E-state index contributed by atoms with van der Waals surface area (Å²) in [5, 5.41) is 0. The minimum Gasteiger partial charge on any atom is -0.458 e. The fraction of sp³-hybridized carbons (Fsp3) is 0.955. The van der Waals surface area contributed by atoms with E-state index >= 15 is 0 Å². The molecule has 0 aliphatic heterocycles. The van der Waals surface area contributed by atoms with Crippen molar-refractivity contribution in [3.05, 3.63) is 0 Å². The van der Waals surface area contributed by atoms with Crippen molar-refractivity contribution < 1.29 is 33.2 Å². The first-order valence-corrected chi connectivity index (χ1v) is 11.1. The number of carbonyl (C=O) groups excluding carboxylic acids is 1. The molecule has 29 heavy (non-hydrogen) atoms. The topological polar surface area (TPSA) is 72.5 Å². The van der Waals surface area contributed by atoms with E-state index in [-0.39, 0.29) is 12.6 Å². The van der Waals surface area contributed by atoms with Gasteiger partial charge in [-0.3, -0.25) is 0 Å². The van der Waals surface area contributed by atoms with Gasteiger partial charge in [-0.15, -0.1) is 0 Å². The maximum absolute atomic E-state index is 11.4. The Hall–Kier alpha value is -0.730. The molecule has 0 unspecified atom stereocenters. The molecule has 0 atom stereocenters. The molecule has 174 valence electrons. The van der Waals surface area contributed by atoms with E-state index in [0.29, 0.717) is 52.9 Å². The molecule has 0 amide bonds. The molecule has 0 bridgehead atoms. The van der Waals surface area contributed by atoms with Gasteiger partial charge in [0, 0.05) is 6.61 Å². The van der Waals surface area contributed by atoms with Crippen LogP contribution in [0.4, 0.5) is 0 Å². The summed E-state index contributed by atoms with van der Waals surface area (Å²) in [4.78, 5) is 11.4. The molecule has 7 nitrogen and oxygen atoms in total. The van der Waals surface area contributed by atoms with Crippen molar-refractivity contribution >= 4 is 5.97 Å². The lowest BCUT2D eigenvalue weighted by Crippen LogP contribution is -2.27. The van der Waals surface area contributed by atoms with Crippen molar-refractivity contribution in [3.63, 3.8) is 0 Å². The van der Waals surface area contributed by atoms with Gasteiger partial charge in [0.2, 0.25) is 0 Å². The quantitative estimate of drug-likeness (QED) is 0.207. The van der Waals surface area contributed by atoms with Gasteiger partial charge in [0.1, 0.15) is 12.2 Å². The third-order valence-corrected chi connectivity index (χ3v) is 3.77. The van der Waals surface area contributed by atoms with E-state index in [0.717, 1.165) is 13.0 Å². The zero-order valence-corrected chi connectivity index (χ0v) is 19.2. The van der Waals surface area contributed by atoms with Gasteiger partial charge < -0.3 is 28.4 Å². The Balaban J connectivity index is 3.11. The van der Waals surface area contributed by atoms with Gasteiger partial charge >= 0.3 is 5.97 Å². The Morgan fingerprint density at radius 1 is 0.586 bits per heavy atom. The number of hydrogen-bond donors (Lipinski definition) is 0. The number of carbonyl (C=O) groups is 1. The SMILES string of the molecule is CCCCCCCCOCCOCCOCCOCCOCC(=O)OC(C)(C)C. The predicted molar refractivity (Wildman–Crippen MR) is 113 cm³/mol. The highest BCUT2D eigenvalue weighted by molar-refractivity contribution is 5.71. The summed E-state index contributed by atoms with van der Waals surface area (Å²) in [7, 11) is 0. The van der Waals surface area contributed by atoms with E-state index in [1.54, 1.807) is 0 Å². The van der Waals surface area contributed by atoms with Crippen LogP contribution in [-0.2, 0) is 33.2 Å². The van der Waals surface area contributed by atoms with Crippen LogP contribution in [0.2, 0.25) is 0 Å². The molecular formula is C22H44O7. The van der Waals surface area contributed by atoms with E-state index in [2.05, 4.69) is 6.92 Å². The Kier molecular flexibility index (Phi) is 20.0. The van der Waals surface area contributed by atoms with Crippen LogP contribution in [0.15, 0.2) is 0 Å². The fourth-order valence-corrected chi connectivity index (χ4v) is 2.39. The molecule has 0 N–H and O–H groups in total. The van der Waals surface area contributed by atoms with Gasteiger partial charge in [-0.25, -0.2) is 4.79 Å². The summed E-state index contributed by atoms with van der Waals surface area (Å²) in [6, 6.07) is 0. The minimum absolute atomic E-state index is 0.0584. The summed E-state index contributed by atoms with van der Waals surface area (Å²) < 4.78 is 32.1. The second-order valence-corrected chi connectivity index (χ2v) is 7.86. The second-order valence-electron chi connectivity index (χ2n) is 7.86. The first kappa shape index (κ1) is 28.3. The van der Waals surface area contributed by atoms with Crippen LogP contribution in [0.1, 0.15) is 66.2 Å².